The Labute approximate surface area is 81.3 Å². The van der Waals surface area contributed by atoms with Gasteiger partial charge in [-0.3, -0.25) is 0 Å². The molecule has 1 aliphatic heterocycles. The summed E-state index contributed by atoms with van der Waals surface area (Å²) >= 11 is 0. The molecule has 0 saturated carbocycles. The van der Waals surface area contributed by atoms with Crippen molar-refractivity contribution < 1.29 is 0 Å². The van der Waals surface area contributed by atoms with Gasteiger partial charge in [-0.05, 0) is 38.9 Å². The molecule has 1 rings (SSSR count). The standard InChI is InChI=1S/C11H20N2/c1-4-10(2)12-8-7-11-6-5-9-13(11)3/h4,11-12H,1-2,5-9H2,3H3. The molecule has 0 aromatic rings. The smallest absolute Gasteiger partial charge is 0.0261 e. The average Bonchev–Trinajstić information content (AvgIpc) is 2.52. The van der Waals surface area contributed by atoms with E-state index >= 15 is 0 Å². The zero-order valence-electron chi connectivity index (χ0n) is 8.55. The Hall–Kier alpha value is -0.760. The summed E-state index contributed by atoms with van der Waals surface area (Å²) in [5.74, 6) is 0. The van der Waals surface area contributed by atoms with Gasteiger partial charge in [0, 0.05) is 18.3 Å². The molecule has 1 fully saturated rings. The number of rotatable bonds is 5. The number of hydrogen-bond donors (Lipinski definition) is 1. The van der Waals surface area contributed by atoms with E-state index in [1.807, 2.05) is 0 Å². The Morgan fingerprint density at radius 1 is 1.69 bits per heavy atom. The highest BCUT2D eigenvalue weighted by Gasteiger charge is 2.19. The van der Waals surface area contributed by atoms with Crippen molar-refractivity contribution >= 4 is 0 Å². The first-order chi connectivity index (χ1) is 6.24. The van der Waals surface area contributed by atoms with Gasteiger partial charge in [-0.2, -0.15) is 0 Å². The molecule has 0 aromatic heterocycles. The number of hydrogen-bond acceptors (Lipinski definition) is 2. The molecule has 13 heavy (non-hydrogen) atoms. The van der Waals surface area contributed by atoms with Crippen LogP contribution in [0.1, 0.15) is 19.3 Å². The van der Waals surface area contributed by atoms with Gasteiger partial charge in [0.2, 0.25) is 0 Å². The van der Waals surface area contributed by atoms with E-state index in [0.717, 1.165) is 18.3 Å². The summed E-state index contributed by atoms with van der Waals surface area (Å²) in [6.07, 6.45) is 5.67. The second kappa shape index (κ2) is 5.07. The Bertz CT molecular complexity index is 187. The lowest BCUT2D eigenvalue weighted by Gasteiger charge is -2.19. The number of nitrogens with zero attached hydrogens (tertiary/aromatic N) is 1. The Morgan fingerprint density at radius 2 is 2.46 bits per heavy atom. The van der Waals surface area contributed by atoms with Crippen molar-refractivity contribution in [3.05, 3.63) is 24.9 Å². The van der Waals surface area contributed by atoms with Crippen molar-refractivity contribution in [2.45, 2.75) is 25.3 Å². The molecule has 1 N–H and O–H groups in total. The van der Waals surface area contributed by atoms with E-state index in [1.54, 1.807) is 6.08 Å². The van der Waals surface area contributed by atoms with Crippen LogP contribution in [0.3, 0.4) is 0 Å². The molecule has 2 nitrogen and oxygen atoms in total. The van der Waals surface area contributed by atoms with Crippen LogP contribution in [-0.4, -0.2) is 31.1 Å². The largest absolute Gasteiger partial charge is 0.385 e. The van der Waals surface area contributed by atoms with E-state index in [-0.39, 0.29) is 0 Å². The zero-order valence-corrected chi connectivity index (χ0v) is 8.55. The Balaban J connectivity index is 2.11. The summed E-state index contributed by atoms with van der Waals surface area (Å²) < 4.78 is 0. The molecule has 0 bridgehead atoms. The van der Waals surface area contributed by atoms with Crippen molar-refractivity contribution in [2.24, 2.45) is 0 Å². The Morgan fingerprint density at radius 3 is 3.00 bits per heavy atom. The first kappa shape index (κ1) is 10.3. The minimum Gasteiger partial charge on any atom is -0.385 e. The van der Waals surface area contributed by atoms with Gasteiger partial charge in [-0.25, -0.2) is 0 Å². The van der Waals surface area contributed by atoms with Gasteiger partial charge in [-0.1, -0.05) is 13.2 Å². The first-order valence-electron chi connectivity index (χ1n) is 4.99. The monoisotopic (exact) mass is 180 g/mol. The van der Waals surface area contributed by atoms with Crippen LogP contribution >= 0.6 is 0 Å². The summed E-state index contributed by atoms with van der Waals surface area (Å²) in [4.78, 5) is 2.44. The quantitative estimate of drug-likeness (QED) is 0.649. The van der Waals surface area contributed by atoms with Crippen LogP contribution in [0, 0.1) is 0 Å². The first-order valence-corrected chi connectivity index (χ1v) is 4.99. The van der Waals surface area contributed by atoms with Crippen molar-refractivity contribution in [3.63, 3.8) is 0 Å². The summed E-state index contributed by atoms with van der Waals surface area (Å²) in [7, 11) is 2.21. The summed E-state index contributed by atoms with van der Waals surface area (Å²) in [6.45, 7) is 9.74. The second-order valence-electron chi connectivity index (χ2n) is 3.72. The van der Waals surface area contributed by atoms with Crippen LogP contribution in [0.5, 0.6) is 0 Å². The fourth-order valence-corrected chi connectivity index (χ4v) is 1.82. The summed E-state index contributed by atoms with van der Waals surface area (Å²) in [6, 6.07) is 0.769. The number of likely N-dealkylation sites (tertiary alicyclic amines) is 1. The fourth-order valence-electron chi connectivity index (χ4n) is 1.82. The van der Waals surface area contributed by atoms with E-state index in [0.29, 0.717) is 0 Å². The molecule has 1 saturated heterocycles. The van der Waals surface area contributed by atoms with Gasteiger partial charge in [0.1, 0.15) is 0 Å². The third-order valence-electron chi connectivity index (χ3n) is 2.75. The normalized spacial score (nSPS) is 23.0. The molecule has 1 heterocycles. The number of nitrogens with one attached hydrogen (secondary N) is 1. The van der Waals surface area contributed by atoms with E-state index in [9.17, 15) is 0 Å². The lowest BCUT2D eigenvalue weighted by atomic mass is 10.1. The molecule has 1 aliphatic rings. The molecule has 1 unspecified atom stereocenters. The molecular weight excluding hydrogens is 160 g/mol. The van der Waals surface area contributed by atoms with Gasteiger partial charge in [0.05, 0.1) is 0 Å². The van der Waals surface area contributed by atoms with Crippen LogP contribution in [0.15, 0.2) is 24.9 Å². The van der Waals surface area contributed by atoms with Crippen molar-refractivity contribution in [1.82, 2.24) is 10.2 Å². The van der Waals surface area contributed by atoms with Crippen LogP contribution in [0.4, 0.5) is 0 Å². The topological polar surface area (TPSA) is 15.3 Å². The average molecular weight is 180 g/mol. The van der Waals surface area contributed by atoms with Gasteiger partial charge in [-0.15, -0.1) is 0 Å². The van der Waals surface area contributed by atoms with Crippen molar-refractivity contribution in [2.75, 3.05) is 20.1 Å². The SMILES string of the molecule is C=CC(=C)NCCC1CCCN1C. The lowest BCUT2D eigenvalue weighted by molar-refractivity contribution is 0.296. The highest BCUT2D eigenvalue weighted by Crippen LogP contribution is 2.16. The minimum absolute atomic E-state index is 0.769. The molecule has 0 spiro atoms. The second-order valence-corrected chi connectivity index (χ2v) is 3.72. The van der Waals surface area contributed by atoms with Crippen LogP contribution in [0.25, 0.3) is 0 Å². The zero-order chi connectivity index (χ0) is 9.68. The van der Waals surface area contributed by atoms with Gasteiger partial charge in [0.15, 0.2) is 0 Å². The predicted octanol–water partition coefficient (Wildman–Crippen LogP) is 1.76. The molecule has 1 atom stereocenters. The molecule has 0 aliphatic carbocycles. The van der Waals surface area contributed by atoms with Crippen molar-refractivity contribution in [3.8, 4) is 0 Å². The third-order valence-corrected chi connectivity index (χ3v) is 2.75. The minimum atomic E-state index is 0.769. The highest BCUT2D eigenvalue weighted by molar-refractivity contribution is 5.07. The van der Waals surface area contributed by atoms with E-state index in [4.69, 9.17) is 0 Å². The third kappa shape index (κ3) is 3.23. The molecular formula is C11H20N2. The fraction of sp³-hybridized carbons (Fsp3) is 0.636. The van der Waals surface area contributed by atoms with Gasteiger partial charge < -0.3 is 10.2 Å². The maximum atomic E-state index is 3.81. The van der Waals surface area contributed by atoms with Gasteiger partial charge >= 0.3 is 0 Å². The molecule has 74 valence electrons. The van der Waals surface area contributed by atoms with E-state index < -0.39 is 0 Å². The van der Waals surface area contributed by atoms with E-state index in [1.165, 1.54) is 25.8 Å². The number of allylic oxidation sites excluding steroid dienone is 1. The van der Waals surface area contributed by atoms with Crippen LogP contribution in [0.2, 0.25) is 0 Å². The van der Waals surface area contributed by atoms with E-state index in [2.05, 4.69) is 30.4 Å². The molecule has 0 aromatic carbocycles. The van der Waals surface area contributed by atoms with Crippen molar-refractivity contribution in [1.29, 1.82) is 0 Å². The predicted molar refractivity (Wildman–Crippen MR) is 57.6 cm³/mol. The lowest BCUT2D eigenvalue weighted by Crippen LogP contribution is -2.28. The molecule has 0 amide bonds. The molecule has 0 radical (unpaired) electrons. The van der Waals surface area contributed by atoms with Gasteiger partial charge in [0.25, 0.3) is 0 Å². The van der Waals surface area contributed by atoms with Crippen LogP contribution in [-0.2, 0) is 0 Å². The Kier molecular flexibility index (Phi) is 4.03. The van der Waals surface area contributed by atoms with Crippen LogP contribution < -0.4 is 5.32 Å². The maximum absolute atomic E-state index is 3.81. The summed E-state index contributed by atoms with van der Waals surface area (Å²) in [5.41, 5.74) is 0.931. The highest BCUT2D eigenvalue weighted by atomic mass is 15.1. The molecule has 2 heteroatoms. The maximum Gasteiger partial charge on any atom is 0.0261 e. The summed E-state index contributed by atoms with van der Waals surface area (Å²) in [5, 5.41) is 3.24.